The number of allylic oxidation sites excluding steroid dienone is 1. The van der Waals surface area contributed by atoms with Crippen LogP contribution >= 0.6 is 0 Å². The lowest BCUT2D eigenvalue weighted by Crippen LogP contribution is -2.14. The highest BCUT2D eigenvalue weighted by Gasteiger charge is 2.22. The number of carbonyl (C=O) groups is 2. The van der Waals surface area contributed by atoms with E-state index in [9.17, 15) is 14.7 Å². The molecule has 0 fully saturated rings. The highest BCUT2D eigenvalue weighted by Crippen LogP contribution is 2.25. The van der Waals surface area contributed by atoms with Crippen LogP contribution in [0.4, 0.5) is 0 Å². The number of ether oxygens (including phenoxy) is 1. The van der Waals surface area contributed by atoms with Crippen molar-refractivity contribution < 1.29 is 23.8 Å². The Balaban J connectivity index is 3.22. The summed E-state index contributed by atoms with van der Waals surface area (Å²) >= 11 is 0. The number of esters is 1. The van der Waals surface area contributed by atoms with Crippen LogP contribution < -0.4 is 0 Å². The number of hydrogen-bond donors (Lipinski definition) is 1. The fourth-order valence-electron chi connectivity index (χ4n) is 1.46. The summed E-state index contributed by atoms with van der Waals surface area (Å²) in [5, 5.41) is 9.19. The van der Waals surface area contributed by atoms with Crippen LogP contribution in [0.2, 0.25) is 0 Å². The third kappa shape index (κ3) is 3.84. The summed E-state index contributed by atoms with van der Waals surface area (Å²) in [4.78, 5) is 22.7. The van der Waals surface area contributed by atoms with Gasteiger partial charge in [-0.1, -0.05) is 19.9 Å². The predicted octanol–water partition coefficient (Wildman–Crippen LogP) is 2.99. The molecule has 1 heterocycles. The second kappa shape index (κ2) is 6.58. The van der Waals surface area contributed by atoms with Crippen molar-refractivity contribution in [2.75, 3.05) is 0 Å². The van der Waals surface area contributed by atoms with Gasteiger partial charge >= 0.3 is 11.9 Å². The number of rotatable bonds is 6. The monoisotopic (exact) mass is 264 g/mol. The lowest BCUT2D eigenvalue weighted by atomic mass is 10.1. The minimum Gasteiger partial charge on any atom is -0.475 e. The van der Waals surface area contributed by atoms with E-state index in [1.54, 1.807) is 12.1 Å². The Morgan fingerprint density at radius 1 is 1.47 bits per heavy atom. The van der Waals surface area contributed by atoms with Crippen LogP contribution in [0, 0.1) is 0 Å². The minimum absolute atomic E-state index is 0.133. The highest BCUT2D eigenvalue weighted by atomic mass is 16.6. The molecule has 0 bridgehead atoms. The first kappa shape index (κ1) is 14.8. The van der Waals surface area contributed by atoms with E-state index in [1.165, 1.54) is 13.2 Å². The van der Waals surface area contributed by atoms with Crippen molar-refractivity contribution in [1.82, 2.24) is 0 Å². The molecular weight excluding hydrogens is 248 g/mol. The van der Waals surface area contributed by atoms with Crippen LogP contribution in [0.3, 0.4) is 0 Å². The van der Waals surface area contributed by atoms with E-state index in [4.69, 9.17) is 9.15 Å². The Labute approximate surface area is 111 Å². The number of carboxylic acids is 1. The Kier molecular flexibility index (Phi) is 5.11. The molecule has 0 aliphatic heterocycles. The van der Waals surface area contributed by atoms with E-state index in [-0.39, 0.29) is 5.57 Å². The number of carbonyl (C=O) groups excluding carboxylic acids is 1. The molecule has 0 aliphatic carbocycles. The Morgan fingerprint density at radius 2 is 2.16 bits per heavy atom. The van der Waals surface area contributed by atoms with Gasteiger partial charge in [-0.05, 0) is 25.5 Å². The molecule has 1 aromatic rings. The summed E-state index contributed by atoms with van der Waals surface area (Å²) in [6.45, 7) is 6.77. The molecule has 1 aromatic heterocycles. The van der Waals surface area contributed by atoms with Crippen molar-refractivity contribution in [2.24, 2.45) is 0 Å². The van der Waals surface area contributed by atoms with Gasteiger partial charge in [0.2, 0.25) is 5.76 Å². The van der Waals surface area contributed by atoms with Crippen molar-refractivity contribution >= 4 is 17.5 Å². The summed E-state index contributed by atoms with van der Waals surface area (Å²) in [5.74, 6) is -2.11. The number of furan rings is 1. The quantitative estimate of drug-likeness (QED) is 0.485. The zero-order valence-electron chi connectivity index (χ0n) is 10.9. The molecule has 102 valence electrons. The van der Waals surface area contributed by atoms with E-state index < -0.39 is 17.7 Å². The topological polar surface area (TPSA) is 76.7 Å². The molecule has 0 saturated carbocycles. The van der Waals surface area contributed by atoms with Crippen LogP contribution in [0.1, 0.15) is 32.4 Å². The van der Waals surface area contributed by atoms with Crippen LogP contribution in [-0.4, -0.2) is 17.0 Å². The van der Waals surface area contributed by atoms with Gasteiger partial charge in [-0.2, -0.15) is 0 Å². The molecule has 0 amide bonds. The minimum atomic E-state index is -1.31. The largest absolute Gasteiger partial charge is 0.475 e. The van der Waals surface area contributed by atoms with Gasteiger partial charge in [-0.3, -0.25) is 0 Å². The van der Waals surface area contributed by atoms with Gasteiger partial charge in [0.15, 0.2) is 0 Å². The van der Waals surface area contributed by atoms with E-state index in [0.29, 0.717) is 24.2 Å². The smallest absolute Gasteiger partial charge is 0.372 e. The van der Waals surface area contributed by atoms with Crippen LogP contribution in [0.5, 0.6) is 0 Å². The molecular formula is C14H16O5. The maximum atomic E-state index is 11.5. The molecule has 0 atom stereocenters. The average molecular weight is 264 g/mol. The second-order valence-electron chi connectivity index (χ2n) is 4.01. The molecule has 0 aromatic carbocycles. The van der Waals surface area contributed by atoms with Gasteiger partial charge in [0, 0.05) is 11.1 Å². The SMILES string of the molecule is C=C(C)C(=O)O/C(C(=O)O)=C(/CCC)c1ccco1. The van der Waals surface area contributed by atoms with Gasteiger partial charge in [0.05, 0.1) is 6.26 Å². The number of hydrogen-bond acceptors (Lipinski definition) is 4. The molecule has 5 heteroatoms. The van der Waals surface area contributed by atoms with Crippen molar-refractivity contribution in [2.45, 2.75) is 26.7 Å². The van der Waals surface area contributed by atoms with E-state index in [0.717, 1.165) is 0 Å². The summed E-state index contributed by atoms with van der Waals surface area (Å²) in [7, 11) is 0. The lowest BCUT2D eigenvalue weighted by molar-refractivity contribution is -0.145. The molecule has 0 spiro atoms. The van der Waals surface area contributed by atoms with E-state index in [2.05, 4.69) is 6.58 Å². The molecule has 0 unspecified atom stereocenters. The van der Waals surface area contributed by atoms with Gasteiger partial charge < -0.3 is 14.3 Å². The molecule has 0 saturated heterocycles. The molecule has 1 rings (SSSR count). The van der Waals surface area contributed by atoms with E-state index in [1.807, 2.05) is 6.92 Å². The molecule has 0 aliphatic rings. The summed E-state index contributed by atoms with van der Waals surface area (Å²) in [6.07, 6.45) is 2.56. The summed E-state index contributed by atoms with van der Waals surface area (Å²) in [5.41, 5.74) is 0.489. The Hall–Kier alpha value is -2.30. The van der Waals surface area contributed by atoms with Crippen molar-refractivity contribution in [3.63, 3.8) is 0 Å². The maximum Gasteiger partial charge on any atom is 0.372 e. The third-order valence-electron chi connectivity index (χ3n) is 2.33. The predicted molar refractivity (Wildman–Crippen MR) is 69.1 cm³/mol. The Bertz CT molecular complexity index is 508. The number of aliphatic carboxylic acids is 1. The first-order valence-corrected chi connectivity index (χ1v) is 5.85. The van der Waals surface area contributed by atoms with Gasteiger partial charge in [0.1, 0.15) is 5.76 Å². The maximum absolute atomic E-state index is 11.5. The van der Waals surface area contributed by atoms with E-state index >= 15 is 0 Å². The first-order chi connectivity index (χ1) is 8.97. The average Bonchev–Trinajstić information content (AvgIpc) is 2.86. The van der Waals surface area contributed by atoms with Crippen LogP contribution in [0.25, 0.3) is 5.57 Å². The number of carboxylic acid groups (broad SMARTS) is 1. The van der Waals surface area contributed by atoms with Crippen LogP contribution in [0.15, 0.2) is 40.7 Å². The zero-order chi connectivity index (χ0) is 14.4. The summed E-state index contributed by atoms with van der Waals surface area (Å²) < 4.78 is 10.1. The lowest BCUT2D eigenvalue weighted by Gasteiger charge is -2.10. The van der Waals surface area contributed by atoms with Crippen molar-refractivity contribution in [3.8, 4) is 0 Å². The molecule has 5 nitrogen and oxygen atoms in total. The van der Waals surface area contributed by atoms with Gasteiger partial charge in [-0.15, -0.1) is 0 Å². The van der Waals surface area contributed by atoms with Gasteiger partial charge in [-0.25, -0.2) is 9.59 Å². The van der Waals surface area contributed by atoms with Gasteiger partial charge in [0.25, 0.3) is 0 Å². The second-order valence-corrected chi connectivity index (χ2v) is 4.01. The molecule has 19 heavy (non-hydrogen) atoms. The third-order valence-corrected chi connectivity index (χ3v) is 2.33. The fourth-order valence-corrected chi connectivity index (χ4v) is 1.46. The highest BCUT2D eigenvalue weighted by molar-refractivity contribution is 5.98. The molecule has 0 radical (unpaired) electrons. The van der Waals surface area contributed by atoms with Crippen molar-refractivity contribution in [1.29, 1.82) is 0 Å². The van der Waals surface area contributed by atoms with Crippen molar-refractivity contribution in [3.05, 3.63) is 42.1 Å². The normalized spacial score (nSPS) is 11.7. The molecule has 1 N–H and O–H groups in total. The fraction of sp³-hybridized carbons (Fsp3) is 0.286. The first-order valence-electron chi connectivity index (χ1n) is 5.85. The standard InChI is InChI=1S/C14H16O5/c1-4-6-10(11-7-5-8-18-11)12(13(15)16)19-14(17)9(2)3/h5,7-8H,2,4,6H2,1,3H3,(H,15,16)/b12-10-. The Morgan fingerprint density at radius 3 is 2.58 bits per heavy atom. The zero-order valence-corrected chi connectivity index (χ0v) is 10.9. The summed E-state index contributed by atoms with van der Waals surface area (Å²) in [6, 6.07) is 3.27. The van der Waals surface area contributed by atoms with Crippen LogP contribution in [-0.2, 0) is 14.3 Å².